The molecule has 120 valence electrons. The molecule has 1 aliphatic rings. The molecule has 0 aromatic heterocycles. The molecule has 0 spiro atoms. The Morgan fingerprint density at radius 3 is 2.77 bits per heavy atom. The number of methoxy groups -OCH3 is 1. The minimum Gasteiger partial charge on any atom is -0.467 e. The van der Waals surface area contributed by atoms with E-state index in [-0.39, 0.29) is 11.9 Å². The first-order valence-electron chi connectivity index (χ1n) is 7.09. The summed E-state index contributed by atoms with van der Waals surface area (Å²) in [4.78, 5) is 23.8. The highest BCUT2D eigenvalue weighted by atomic mass is 35.5. The smallest absolute Gasteiger partial charge is 0.328 e. The fourth-order valence-electron chi connectivity index (χ4n) is 2.58. The van der Waals surface area contributed by atoms with Crippen LogP contribution in [0.4, 0.5) is 5.69 Å². The molecule has 1 amide bonds. The van der Waals surface area contributed by atoms with Crippen LogP contribution in [-0.2, 0) is 14.3 Å². The second-order valence-electron chi connectivity index (χ2n) is 5.17. The molecular formula is C15H18Cl2N2O3. The van der Waals surface area contributed by atoms with Crippen LogP contribution in [0.25, 0.3) is 0 Å². The van der Waals surface area contributed by atoms with Crippen molar-refractivity contribution in [2.45, 2.75) is 38.3 Å². The number of halogens is 2. The maximum atomic E-state index is 11.9. The summed E-state index contributed by atoms with van der Waals surface area (Å²) in [7, 11) is 1.33. The standard InChI is InChI=1S/C15H18Cl2N2O3/c1-3-4-13(20)19-11-7-12(15(21)22-2)18-10-6-8(16)5-9(17)14(10)11/h5-6,11-12,18H,3-4,7H2,1-2H3,(H,19,20)/t11-,12+/m0/s1. The van der Waals surface area contributed by atoms with Crippen LogP contribution in [0.5, 0.6) is 0 Å². The normalized spacial score (nSPS) is 19.8. The molecule has 0 saturated heterocycles. The number of carbonyl (C=O) groups excluding carboxylic acids is 2. The van der Waals surface area contributed by atoms with Crippen molar-refractivity contribution in [3.05, 3.63) is 27.7 Å². The predicted octanol–water partition coefficient (Wildman–Crippen LogP) is 3.31. The molecule has 0 unspecified atom stereocenters. The van der Waals surface area contributed by atoms with Gasteiger partial charge in [0.25, 0.3) is 0 Å². The van der Waals surface area contributed by atoms with Crippen LogP contribution >= 0.6 is 23.2 Å². The molecule has 0 saturated carbocycles. The first-order valence-corrected chi connectivity index (χ1v) is 7.84. The largest absolute Gasteiger partial charge is 0.467 e. The van der Waals surface area contributed by atoms with E-state index >= 15 is 0 Å². The molecule has 0 bridgehead atoms. The van der Waals surface area contributed by atoms with Gasteiger partial charge in [0, 0.05) is 34.1 Å². The molecular weight excluding hydrogens is 327 g/mol. The number of benzene rings is 1. The number of ether oxygens (including phenoxy) is 1. The quantitative estimate of drug-likeness (QED) is 0.822. The lowest BCUT2D eigenvalue weighted by Crippen LogP contribution is -2.41. The highest BCUT2D eigenvalue weighted by Crippen LogP contribution is 2.40. The Kier molecular flexibility index (Phi) is 5.53. The second-order valence-corrected chi connectivity index (χ2v) is 6.02. The summed E-state index contributed by atoms with van der Waals surface area (Å²) in [6.45, 7) is 1.93. The lowest BCUT2D eigenvalue weighted by atomic mass is 9.92. The number of anilines is 1. The Hall–Kier alpha value is -1.46. The van der Waals surface area contributed by atoms with Crippen LogP contribution in [0.1, 0.15) is 37.8 Å². The molecule has 0 radical (unpaired) electrons. The van der Waals surface area contributed by atoms with Gasteiger partial charge in [-0.05, 0) is 18.6 Å². The highest BCUT2D eigenvalue weighted by molar-refractivity contribution is 6.35. The molecule has 2 atom stereocenters. The monoisotopic (exact) mass is 344 g/mol. The van der Waals surface area contributed by atoms with Gasteiger partial charge in [-0.25, -0.2) is 4.79 Å². The van der Waals surface area contributed by atoms with Crippen molar-refractivity contribution in [2.24, 2.45) is 0 Å². The maximum absolute atomic E-state index is 11.9. The molecule has 1 heterocycles. The minimum atomic E-state index is -0.557. The van der Waals surface area contributed by atoms with Crippen molar-refractivity contribution in [2.75, 3.05) is 12.4 Å². The van der Waals surface area contributed by atoms with E-state index in [1.165, 1.54) is 7.11 Å². The zero-order chi connectivity index (χ0) is 16.3. The molecule has 0 fully saturated rings. The van der Waals surface area contributed by atoms with Crippen molar-refractivity contribution in [1.82, 2.24) is 5.32 Å². The fourth-order valence-corrected chi connectivity index (χ4v) is 3.21. The molecule has 1 aromatic carbocycles. The Bertz CT molecular complexity index is 592. The predicted molar refractivity (Wildman–Crippen MR) is 86.3 cm³/mol. The average molecular weight is 345 g/mol. The van der Waals surface area contributed by atoms with Crippen LogP contribution in [0.2, 0.25) is 10.0 Å². The van der Waals surface area contributed by atoms with Crippen molar-refractivity contribution in [3.8, 4) is 0 Å². The first kappa shape index (κ1) is 16.9. The van der Waals surface area contributed by atoms with Crippen LogP contribution in [0.15, 0.2) is 12.1 Å². The van der Waals surface area contributed by atoms with E-state index in [1.807, 2.05) is 6.92 Å². The van der Waals surface area contributed by atoms with E-state index in [1.54, 1.807) is 12.1 Å². The third-order valence-corrected chi connectivity index (χ3v) is 4.07. The van der Waals surface area contributed by atoms with Crippen LogP contribution in [0, 0.1) is 0 Å². The zero-order valence-electron chi connectivity index (χ0n) is 12.4. The number of nitrogens with one attached hydrogen (secondary N) is 2. The number of fused-ring (bicyclic) bond motifs is 1. The molecule has 2 rings (SSSR count). The Morgan fingerprint density at radius 2 is 2.14 bits per heavy atom. The van der Waals surface area contributed by atoms with Crippen LogP contribution < -0.4 is 10.6 Å². The Balaban J connectivity index is 2.35. The first-order chi connectivity index (χ1) is 10.5. The summed E-state index contributed by atoms with van der Waals surface area (Å²) in [6, 6.07) is 2.40. The van der Waals surface area contributed by atoms with Crippen LogP contribution in [-0.4, -0.2) is 25.0 Å². The van der Waals surface area contributed by atoms with Crippen molar-refractivity contribution in [1.29, 1.82) is 0 Å². The van der Waals surface area contributed by atoms with Gasteiger partial charge in [-0.2, -0.15) is 0 Å². The molecule has 7 heteroatoms. The van der Waals surface area contributed by atoms with E-state index in [4.69, 9.17) is 27.9 Å². The molecule has 5 nitrogen and oxygen atoms in total. The average Bonchev–Trinajstić information content (AvgIpc) is 2.45. The summed E-state index contributed by atoms with van der Waals surface area (Å²) in [5, 5.41) is 6.92. The minimum absolute atomic E-state index is 0.0741. The van der Waals surface area contributed by atoms with Gasteiger partial charge in [0.1, 0.15) is 6.04 Å². The van der Waals surface area contributed by atoms with Gasteiger partial charge in [-0.1, -0.05) is 30.1 Å². The third kappa shape index (κ3) is 3.65. The topological polar surface area (TPSA) is 67.4 Å². The fraction of sp³-hybridized carbons (Fsp3) is 0.467. The summed E-state index contributed by atoms with van der Waals surface area (Å²) >= 11 is 12.3. The van der Waals surface area contributed by atoms with E-state index < -0.39 is 12.0 Å². The lowest BCUT2D eigenvalue weighted by Gasteiger charge is -2.33. The molecule has 2 N–H and O–H groups in total. The molecule has 22 heavy (non-hydrogen) atoms. The number of amides is 1. The summed E-state index contributed by atoms with van der Waals surface area (Å²) in [5.41, 5.74) is 1.39. The number of rotatable bonds is 4. The number of carbonyl (C=O) groups is 2. The summed E-state index contributed by atoms with van der Waals surface area (Å²) in [5.74, 6) is -0.466. The van der Waals surface area contributed by atoms with Gasteiger partial charge < -0.3 is 15.4 Å². The zero-order valence-corrected chi connectivity index (χ0v) is 13.9. The SMILES string of the molecule is CCCC(=O)N[C@H]1C[C@H](C(=O)OC)Nc2cc(Cl)cc(Cl)c21. The molecule has 0 aliphatic carbocycles. The number of esters is 1. The van der Waals surface area contributed by atoms with Crippen LogP contribution in [0.3, 0.4) is 0 Å². The lowest BCUT2D eigenvalue weighted by molar-refractivity contribution is -0.142. The van der Waals surface area contributed by atoms with Gasteiger partial charge in [-0.15, -0.1) is 0 Å². The van der Waals surface area contributed by atoms with Gasteiger partial charge in [0.05, 0.1) is 13.2 Å². The highest BCUT2D eigenvalue weighted by Gasteiger charge is 2.33. The van der Waals surface area contributed by atoms with E-state index in [2.05, 4.69) is 10.6 Å². The molecule has 1 aromatic rings. The van der Waals surface area contributed by atoms with Crippen molar-refractivity contribution in [3.63, 3.8) is 0 Å². The van der Waals surface area contributed by atoms with Gasteiger partial charge >= 0.3 is 5.97 Å². The van der Waals surface area contributed by atoms with E-state index in [0.29, 0.717) is 28.6 Å². The second kappa shape index (κ2) is 7.20. The Morgan fingerprint density at radius 1 is 1.41 bits per heavy atom. The number of hydrogen-bond acceptors (Lipinski definition) is 4. The van der Waals surface area contributed by atoms with Gasteiger partial charge in [0.2, 0.25) is 5.91 Å². The Labute approximate surface area is 139 Å². The number of hydrogen-bond donors (Lipinski definition) is 2. The van der Waals surface area contributed by atoms with E-state index in [0.717, 1.165) is 12.0 Å². The van der Waals surface area contributed by atoms with Gasteiger partial charge in [0.15, 0.2) is 0 Å². The van der Waals surface area contributed by atoms with E-state index in [9.17, 15) is 9.59 Å². The summed E-state index contributed by atoms with van der Waals surface area (Å²) in [6.07, 6.45) is 1.54. The van der Waals surface area contributed by atoms with Crippen molar-refractivity contribution >= 4 is 40.8 Å². The van der Waals surface area contributed by atoms with Gasteiger partial charge in [-0.3, -0.25) is 4.79 Å². The molecule has 1 aliphatic heterocycles. The third-order valence-electron chi connectivity index (χ3n) is 3.54. The maximum Gasteiger partial charge on any atom is 0.328 e. The van der Waals surface area contributed by atoms with Crippen molar-refractivity contribution < 1.29 is 14.3 Å². The summed E-state index contributed by atoms with van der Waals surface area (Å²) < 4.78 is 4.79.